The third-order valence-electron chi connectivity index (χ3n) is 4.19. The number of ether oxygens (including phenoxy) is 2. The molecule has 4 heteroatoms. The van der Waals surface area contributed by atoms with Crippen LogP contribution < -0.4 is 5.32 Å². The first-order chi connectivity index (χ1) is 9.98. The van der Waals surface area contributed by atoms with E-state index in [0.29, 0.717) is 6.61 Å². The van der Waals surface area contributed by atoms with E-state index in [-0.39, 0.29) is 12.0 Å². The lowest BCUT2D eigenvalue weighted by Crippen LogP contribution is -2.53. The van der Waals surface area contributed by atoms with Crippen LogP contribution in [0.1, 0.15) is 66.2 Å². The molecule has 1 aliphatic rings. The summed E-state index contributed by atoms with van der Waals surface area (Å²) in [5.41, 5.74) is -0.610. The molecule has 0 spiro atoms. The third kappa shape index (κ3) is 6.79. The van der Waals surface area contributed by atoms with Gasteiger partial charge in [-0.3, -0.25) is 10.1 Å². The van der Waals surface area contributed by atoms with Gasteiger partial charge in [0.2, 0.25) is 0 Å². The Hall–Kier alpha value is -0.610. The summed E-state index contributed by atoms with van der Waals surface area (Å²) < 4.78 is 10.9. The number of rotatable bonds is 11. The summed E-state index contributed by atoms with van der Waals surface area (Å²) in [5.74, 6) is 0.741. The Labute approximate surface area is 130 Å². The predicted octanol–water partition coefficient (Wildman–Crippen LogP) is 3.29. The molecule has 124 valence electrons. The fourth-order valence-electron chi connectivity index (χ4n) is 2.82. The van der Waals surface area contributed by atoms with E-state index in [9.17, 15) is 4.79 Å². The summed E-state index contributed by atoms with van der Waals surface area (Å²) >= 11 is 0. The van der Waals surface area contributed by atoms with Crippen molar-refractivity contribution in [2.24, 2.45) is 5.92 Å². The average molecular weight is 299 g/mol. The molecule has 0 radical (unpaired) electrons. The Bertz CT molecular complexity index is 302. The highest BCUT2D eigenvalue weighted by Crippen LogP contribution is 2.29. The molecule has 0 aromatic carbocycles. The Morgan fingerprint density at radius 1 is 1.33 bits per heavy atom. The summed E-state index contributed by atoms with van der Waals surface area (Å²) in [6, 6.07) is 0.249. The van der Waals surface area contributed by atoms with Crippen molar-refractivity contribution in [2.45, 2.75) is 77.8 Å². The lowest BCUT2D eigenvalue weighted by atomic mass is 9.83. The zero-order valence-corrected chi connectivity index (χ0v) is 14.2. The first kappa shape index (κ1) is 18.4. The second kappa shape index (κ2) is 9.42. The van der Waals surface area contributed by atoms with E-state index in [2.05, 4.69) is 5.32 Å². The van der Waals surface area contributed by atoms with Crippen molar-refractivity contribution in [1.82, 2.24) is 5.32 Å². The predicted molar refractivity (Wildman–Crippen MR) is 85.3 cm³/mol. The zero-order valence-electron chi connectivity index (χ0n) is 14.2. The van der Waals surface area contributed by atoms with Gasteiger partial charge >= 0.3 is 5.97 Å². The average Bonchev–Trinajstić information content (AvgIpc) is 2.35. The molecule has 1 aliphatic carbocycles. The van der Waals surface area contributed by atoms with Gasteiger partial charge in [-0.15, -0.1) is 0 Å². The van der Waals surface area contributed by atoms with Crippen molar-refractivity contribution < 1.29 is 14.3 Å². The quantitative estimate of drug-likeness (QED) is 0.470. The summed E-state index contributed by atoms with van der Waals surface area (Å²) in [6.45, 7) is 9.88. The van der Waals surface area contributed by atoms with Crippen LogP contribution in [0.15, 0.2) is 0 Å². The summed E-state index contributed by atoms with van der Waals surface area (Å²) in [7, 11) is 0. The van der Waals surface area contributed by atoms with Crippen LogP contribution >= 0.6 is 0 Å². The fourth-order valence-corrected chi connectivity index (χ4v) is 2.82. The smallest absolute Gasteiger partial charge is 0.326 e. The van der Waals surface area contributed by atoms with Crippen molar-refractivity contribution in [3.05, 3.63) is 0 Å². The van der Waals surface area contributed by atoms with E-state index < -0.39 is 5.54 Å². The van der Waals surface area contributed by atoms with E-state index >= 15 is 0 Å². The fraction of sp³-hybridized carbons (Fsp3) is 0.941. The molecule has 0 aromatic heterocycles. The van der Waals surface area contributed by atoms with Crippen molar-refractivity contribution in [3.63, 3.8) is 0 Å². The second-order valence-corrected chi connectivity index (χ2v) is 6.65. The third-order valence-corrected chi connectivity index (χ3v) is 4.19. The molecule has 1 unspecified atom stereocenters. The van der Waals surface area contributed by atoms with Gasteiger partial charge in [0.25, 0.3) is 0 Å². The molecule has 0 saturated heterocycles. The van der Waals surface area contributed by atoms with E-state index in [1.165, 1.54) is 25.7 Å². The van der Waals surface area contributed by atoms with Gasteiger partial charge in [0.15, 0.2) is 0 Å². The van der Waals surface area contributed by atoms with Crippen molar-refractivity contribution in [1.29, 1.82) is 0 Å². The van der Waals surface area contributed by atoms with Crippen LogP contribution in [0, 0.1) is 5.92 Å². The van der Waals surface area contributed by atoms with Crippen LogP contribution in [-0.4, -0.2) is 37.4 Å². The first-order valence-electron chi connectivity index (χ1n) is 8.50. The van der Waals surface area contributed by atoms with Crippen LogP contribution in [-0.2, 0) is 14.3 Å². The highest BCUT2D eigenvalue weighted by atomic mass is 16.5. The number of hydrogen-bond donors (Lipinski definition) is 1. The first-order valence-corrected chi connectivity index (χ1v) is 8.50. The minimum Gasteiger partial charge on any atom is -0.465 e. The van der Waals surface area contributed by atoms with Gasteiger partial charge in [-0.2, -0.15) is 0 Å². The number of carbonyl (C=O) groups is 1. The number of hydrogen-bond acceptors (Lipinski definition) is 4. The van der Waals surface area contributed by atoms with Crippen LogP contribution in [0.3, 0.4) is 0 Å². The molecule has 1 fully saturated rings. The van der Waals surface area contributed by atoms with Crippen LogP contribution in [0.2, 0.25) is 0 Å². The number of carbonyl (C=O) groups excluding carboxylic acids is 1. The molecular weight excluding hydrogens is 266 g/mol. The molecular formula is C17H33NO3. The summed E-state index contributed by atoms with van der Waals surface area (Å²) in [5, 5.41) is 3.34. The molecule has 1 N–H and O–H groups in total. The standard InChI is InChI=1S/C17H33NO3/c1-5-21-16(19)17(4,18-14(2)3)11-7-12-20-13-10-15-8-6-9-15/h14-15,18H,5-13H2,1-4H3. The summed E-state index contributed by atoms with van der Waals surface area (Å²) in [4.78, 5) is 12.1. The van der Waals surface area contributed by atoms with Gasteiger partial charge in [-0.25, -0.2) is 0 Å². The monoisotopic (exact) mass is 299 g/mol. The molecule has 1 saturated carbocycles. The SMILES string of the molecule is CCOC(=O)C(C)(CCCOCCC1CCC1)NC(C)C. The molecule has 0 bridgehead atoms. The largest absolute Gasteiger partial charge is 0.465 e. The molecule has 1 rings (SSSR count). The van der Waals surface area contributed by atoms with E-state index in [1.807, 2.05) is 27.7 Å². The summed E-state index contributed by atoms with van der Waals surface area (Å²) in [6.07, 6.45) is 6.96. The number of nitrogens with one attached hydrogen (secondary N) is 1. The Morgan fingerprint density at radius 3 is 2.57 bits per heavy atom. The number of esters is 1. The zero-order chi connectivity index (χ0) is 15.7. The molecule has 0 heterocycles. The van der Waals surface area contributed by atoms with Crippen molar-refractivity contribution in [3.8, 4) is 0 Å². The van der Waals surface area contributed by atoms with Crippen molar-refractivity contribution >= 4 is 5.97 Å². The second-order valence-electron chi connectivity index (χ2n) is 6.65. The highest BCUT2D eigenvalue weighted by molar-refractivity contribution is 5.80. The van der Waals surface area contributed by atoms with Gasteiger partial charge in [0.1, 0.15) is 5.54 Å². The van der Waals surface area contributed by atoms with Crippen LogP contribution in [0.5, 0.6) is 0 Å². The highest BCUT2D eigenvalue weighted by Gasteiger charge is 2.34. The topological polar surface area (TPSA) is 47.6 Å². The maximum Gasteiger partial charge on any atom is 0.326 e. The lowest BCUT2D eigenvalue weighted by Gasteiger charge is -2.30. The minimum atomic E-state index is -0.610. The lowest BCUT2D eigenvalue weighted by molar-refractivity contribution is -0.151. The maximum absolute atomic E-state index is 12.1. The molecule has 0 aromatic rings. The van der Waals surface area contributed by atoms with Gasteiger partial charge in [-0.1, -0.05) is 19.3 Å². The van der Waals surface area contributed by atoms with Gasteiger partial charge < -0.3 is 9.47 Å². The molecule has 0 aliphatic heterocycles. The van der Waals surface area contributed by atoms with E-state index in [0.717, 1.165) is 32.0 Å². The Morgan fingerprint density at radius 2 is 2.05 bits per heavy atom. The molecule has 1 atom stereocenters. The van der Waals surface area contributed by atoms with Gasteiger partial charge in [0.05, 0.1) is 6.61 Å². The normalized spacial score (nSPS) is 18.3. The molecule has 4 nitrogen and oxygen atoms in total. The molecule has 0 amide bonds. The maximum atomic E-state index is 12.1. The van der Waals surface area contributed by atoms with E-state index in [4.69, 9.17) is 9.47 Å². The molecule has 21 heavy (non-hydrogen) atoms. The Kier molecular flexibility index (Phi) is 8.27. The van der Waals surface area contributed by atoms with Crippen molar-refractivity contribution in [2.75, 3.05) is 19.8 Å². The Balaban J connectivity index is 2.22. The van der Waals surface area contributed by atoms with Gasteiger partial charge in [0, 0.05) is 19.3 Å². The van der Waals surface area contributed by atoms with E-state index in [1.54, 1.807) is 0 Å². The minimum absolute atomic E-state index is 0.159. The van der Waals surface area contributed by atoms with Crippen LogP contribution in [0.4, 0.5) is 0 Å². The van der Waals surface area contributed by atoms with Crippen LogP contribution in [0.25, 0.3) is 0 Å². The van der Waals surface area contributed by atoms with Gasteiger partial charge in [-0.05, 0) is 52.9 Å².